The van der Waals surface area contributed by atoms with E-state index in [9.17, 15) is 0 Å². The van der Waals surface area contributed by atoms with E-state index in [0.717, 1.165) is 13.0 Å². The molecule has 13 heavy (non-hydrogen) atoms. The van der Waals surface area contributed by atoms with Crippen LogP contribution in [0.3, 0.4) is 0 Å². The van der Waals surface area contributed by atoms with Gasteiger partial charge in [0.25, 0.3) is 0 Å². The first kappa shape index (κ1) is 13.4. The molecular weight excluding hydrogens is 517 g/mol. The van der Waals surface area contributed by atoms with E-state index in [4.69, 9.17) is 4.18 Å². The number of rotatable bonds is 5. The molecule has 0 aromatic carbocycles. The lowest BCUT2D eigenvalue weighted by atomic mass is 10.4. The second kappa shape index (κ2) is 7.62. The maximum absolute atomic E-state index is 5.43. The first-order valence-corrected chi connectivity index (χ1v) is 13.2. The molecule has 0 aliphatic heterocycles. The van der Waals surface area contributed by atoms with Gasteiger partial charge in [-0.25, -0.2) is 0 Å². The van der Waals surface area contributed by atoms with Crippen molar-refractivity contribution < 1.29 is 4.18 Å². The van der Waals surface area contributed by atoms with Gasteiger partial charge < -0.3 is 4.18 Å². The number of halogens is 3. The summed E-state index contributed by atoms with van der Waals surface area (Å²) in [4.78, 5) is 1.37. The van der Waals surface area contributed by atoms with Gasteiger partial charge in [0.05, 0.1) is 10.4 Å². The minimum Gasteiger partial charge on any atom is -0.309 e. The Balaban J connectivity index is 2.13. The molecule has 1 rings (SSSR count). The first-order chi connectivity index (χ1) is 6.18. The van der Waals surface area contributed by atoms with Crippen molar-refractivity contribution in [3.8, 4) is 0 Å². The number of hydrogen-bond donors (Lipinski definition) is 0. The molecule has 74 valence electrons. The summed E-state index contributed by atoms with van der Waals surface area (Å²) in [6.45, 7) is 0.808. The monoisotopic (exact) mass is 522 g/mol. The highest BCUT2D eigenvalue weighted by molar-refractivity contribution is 14.3. The molecule has 0 saturated carbocycles. The van der Waals surface area contributed by atoms with Crippen LogP contribution in [-0.4, -0.2) is 6.61 Å². The van der Waals surface area contributed by atoms with Crippen molar-refractivity contribution in [3.05, 3.63) is 20.8 Å². The van der Waals surface area contributed by atoms with Crippen LogP contribution < -0.4 is 0 Å². The van der Waals surface area contributed by atoms with E-state index in [1.165, 1.54) is 8.66 Å². The molecule has 1 nitrogen and oxygen atoms in total. The summed E-state index contributed by atoms with van der Waals surface area (Å²) >= 11 is 11.6. The van der Waals surface area contributed by atoms with Gasteiger partial charge in [0.1, 0.15) is 2.41 Å². The lowest BCUT2D eigenvalue weighted by Gasteiger charge is -2.00. The zero-order valence-corrected chi connectivity index (χ0v) is 14.8. The molecule has 0 unspecified atom stereocenters. The fraction of sp³-hybridized carbons (Fsp3) is 0.333. The lowest BCUT2D eigenvalue weighted by molar-refractivity contribution is 0.386. The Kier molecular flexibility index (Phi) is 7.88. The Labute approximate surface area is 122 Å². The van der Waals surface area contributed by atoms with Gasteiger partial charge in [-0.2, -0.15) is 0 Å². The van der Waals surface area contributed by atoms with E-state index < -0.39 is 0 Å². The van der Waals surface area contributed by atoms with Crippen molar-refractivity contribution in [3.63, 3.8) is 0 Å². The third-order valence-corrected chi connectivity index (χ3v) is 6.79. The van der Waals surface area contributed by atoms with Gasteiger partial charge in [-0.1, -0.05) is 0 Å². The second-order valence-electron chi connectivity index (χ2n) is 2.05. The van der Waals surface area contributed by atoms with Gasteiger partial charge in [-0.05, 0) is 72.1 Å². The van der Waals surface area contributed by atoms with E-state index in [1.54, 1.807) is 23.0 Å². The summed E-state index contributed by atoms with van der Waals surface area (Å²) in [6, 6.07) is 4.22. The van der Waals surface area contributed by atoms with Crippen molar-refractivity contribution in [1.29, 1.82) is 0 Å². The molecule has 0 aliphatic carbocycles. The van der Waals surface area contributed by atoms with Crippen LogP contribution in [0.1, 0.15) is 4.88 Å². The molecule has 0 radical (unpaired) electrons. The van der Waals surface area contributed by atoms with Crippen LogP contribution in [0.25, 0.3) is 0 Å². The van der Waals surface area contributed by atoms with Gasteiger partial charge in [0.15, 0.2) is 0 Å². The largest absolute Gasteiger partial charge is 0.309 e. The Hall–Kier alpha value is 2.38. The van der Waals surface area contributed by atoms with Crippen molar-refractivity contribution in [2.75, 3.05) is 6.61 Å². The first-order valence-electron chi connectivity index (χ1n) is 3.34. The van der Waals surface area contributed by atoms with Gasteiger partial charge in [-0.15, -0.1) is 11.3 Å². The predicted molar refractivity (Wildman–Crippen MR) is 84.2 cm³/mol. The number of hydrogen-bond acceptors (Lipinski definition) is 3. The van der Waals surface area contributed by atoms with Gasteiger partial charge in [-0.3, -0.25) is 0 Å². The molecule has 0 aliphatic rings. The summed E-state index contributed by atoms with van der Waals surface area (Å²) in [5, 5.41) is 0. The fourth-order valence-electron chi connectivity index (χ4n) is 0.705. The molecule has 7 heteroatoms. The minimum atomic E-state index is -0.0472. The third-order valence-electron chi connectivity index (χ3n) is 1.17. The SMILES string of the molecule is Brc1ccc(CCOSP(I)I)s1. The fourth-order valence-corrected chi connectivity index (χ4v) is 4.92. The summed E-state index contributed by atoms with van der Waals surface area (Å²) < 4.78 is 6.58. The maximum atomic E-state index is 5.43. The Morgan fingerprint density at radius 2 is 2.31 bits per heavy atom. The molecule has 1 aromatic heterocycles. The zero-order valence-electron chi connectivity index (χ0n) is 6.37. The van der Waals surface area contributed by atoms with Gasteiger partial charge in [0.2, 0.25) is 0 Å². The van der Waals surface area contributed by atoms with E-state index in [0.29, 0.717) is 0 Å². The average molecular weight is 523 g/mol. The summed E-state index contributed by atoms with van der Waals surface area (Å²) in [5.74, 6) is 0. The van der Waals surface area contributed by atoms with Crippen LogP contribution in [-0.2, 0) is 10.6 Å². The Bertz CT molecular complexity index is 259. The van der Waals surface area contributed by atoms with Gasteiger partial charge >= 0.3 is 0 Å². The van der Waals surface area contributed by atoms with Crippen molar-refractivity contribution >= 4 is 85.4 Å². The molecule has 0 spiro atoms. The Morgan fingerprint density at radius 3 is 2.85 bits per heavy atom. The molecule has 0 N–H and O–H groups in total. The van der Waals surface area contributed by atoms with Gasteiger partial charge in [0, 0.05) is 23.0 Å². The summed E-state index contributed by atoms with van der Waals surface area (Å²) in [5.41, 5.74) is 0. The normalized spacial score (nSPS) is 11.1. The quantitative estimate of drug-likeness (QED) is 0.209. The smallest absolute Gasteiger partial charge is 0.113 e. The molecule has 0 bridgehead atoms. The molecular formula is C6H6BrI2OPS2. The zero-order chi connectivity index (χ0) is 9.68. The highest BCUT2D eigenvalue weighted by Gasteiger charge is 2.00. The standard InChI is InChI=1S/C6H6BrI2OPS2/c7-6-2-1-5(12-6)3-4-10-13-11(8)9/h1-2H,3-4H2. The van der Waals surface area contributed by atoms with Crippen LogP contribution >= 0.6 is 85.4 Å². The molecule has 0 amide bonds. The lowest BCUT2D eigenvalue weighted by Crippen LogP contribution is -1.88. The minimum absolute atomic E-state index is 0.0472. The maximum Gasteiger partial charge on any atom is 0.113 e. The molecule has 1 heterocycles. The summed E-state index contributed by atoms with van der Waals surface area (Å²) in [7, 11) is 0. The third kappa shape index (κ3) is 6.52. The highest BCUT2D eigenvalue weighted by Crippen LogP contribution is 2.64. The highest BCUT2D eigenvalue weighted by atomic mass is 127. The van der Waals surface area contributed by atoms with Crippen LogP contribution in [0.4, 0.5) is 0 Å². The molecule has 0 saturated heterocycles. The Morgan fingerprint density at radius 1 is 1.54 bits per heavy atom. The van der Waals surface area contributed by atoms with Crippen LogP contribution in [0.2, 0.25) is 0 Å². The summed E-state index contributed by atoms with van der Waals surface area (Å²) in [6.07, 6.45) is 1.01. The topological polar surface area (TPSA) is 9.23 Å². The van der Waals surface area contributed by atoms with E-state index in [-0.39, 0.29) is 2.41 Å². The molecule has 1 aromatic rings. The van der Waals surface area contributed by atoms with Crippen molar-refractivity contribution in [2.45, 2.75) is 6.42 Å². The van der Waals surface area contributed by atoms with E-state index >= 15 is 0 Å². The van der Waals surface area contributed by atoms with Crippen LogP contribution in [0.15, 0.2) is 15.9 Å². The van der Waals surface area contributed by atoms with Crippen molar-refractivity contribution in [2.24, 2.45) is 0 Å². The second-order valence-corrected chi connectivity index (χ2v) is 22.2. The predicted octanol–water partition coefficient (Wildman–Crippen LogP) is 5.81. The van der Waals surface area contributed by atoms with Crippen LogP contribution in [0.5, 0.6) is 0 Å². The van der Waals surface area contributed by atoms with E-state index in [1.807, 2.05) is 0 Å². The molecule has 0 fully saturated rings. The number of thiophene rings is 1. The van der Waals surface area contributed by atoms with E-state index in [2.05, 4.69) is 72.1 Å². The van der Waals surface area contributed by atoms with Crippen molar-refractivity contribution in [1.82, 2.24) is 0 Å². The van der Waals surface area contributed by atoms with Crippen LogP contribution in [0, 0.1) is 0 Å². The average Bonchev–Trinajstić information content (AvgIpc) is 2.45. The molecule has 0 atom stereocenters.